The molecule has 1 aromatic heterocycles. The molecule has 1 N–H and O–H groups in total. The third kappa shape index (κ3) is 2.39. The highest BCUT2D eigenvalue weighted by molar-refractivity contribution is 5.83. The van der Waals surface area contributed by atoms with Crippen LogP contribution in [0.1, 0.15) is 25.8 Å². The molecule has 1 aromatic carbocycles. The molecule has 0 spiro atoms. The van der Waals surface area contributed by atoms with Crippen molar-refractivity contribution in [3.63, 3.8) is 0 Å². The number of benzene rings is 1. The number of fused-ring (bicyclic) bond motifs is 1. The van der Waals surface area contributed by atoms with Gasteiger partial charge in [0.1, 0.15) is 0 Å². The molecule has 2 rings (SSSR count). The summed E-state index contributed by atoms with van der Waals surface area (Å²) in [5, 5.41) is 19.4. The Labute approximate surface area is 107 Å². The van der Waals surface area contributed by atoms with Crippen LogP contribution < -0.4 is 0 Å². The van der Waals surface area contributed by atoms with Crippen LogP contribution >= 0.6 is 0 Å². The first-order valence-corrected chi connectivity index (χ1v) is 6.16. The molecule has 0 radical (unpaired) electrons. The minimum absolute atomic E-state index is 0.0606. The van der Waals surface area contributed by atoms with E-state index in [4.69, 9.17) is 5.26 Å². The van der Waals surface area contributed by atoms with Crippen molar-refractivity contribution >= 4 is 10.9 Å². The molecule has 3 heteroatoms. The first kappa shape index (κ1) is 12.7. The van der Waals surface area contributed by atoms with E-state index in [-0.39, 0.29) is 12.0 Å². The van der Waals surface area contributed by atoms with E-state index in [0.717, 1.165) is 29.4 Å². The van der Waals surface area contributed by atoms with Crippen molar-refractivity contribution in [2.45, 2.75) is 33.4 Å². The van der Waals surface area contributed by atoms with Crippen molar-refractivity contribution < 1.29 is 5.11 Å². The average Bonchev–Trinajstić information content (AvgIpc) is 2.79. The van der Waals surface area contributed by atoms with Gasteiger partial charge >= 0.3 is 0 Å². The molecule has 0 unspecified atom stereocenters. The first-order chi connectivity index (χ1) is 8.57. The highest BCUT2D eigenvalue weighted by Gasteiger charge is 2.16. The monoisotopic (exact) mass is 242 g/mol. The van der Waals surface area contributed by atoms with Gasteiger partial charge in [-0.25, -0.2) is 0 Å². The molecule has 0 atom stereocenters. The Balaban J connectivity index is 2.28. The van der Waals surface area contributed by atoms with Gasteiger partial charge in [-0.2, -0.15) is 5.26 Å². The topological polar surface area (TPSA) is 49.0 Å². The highest BCUT2D eigenvalue weighted by atomic mass is 16.3. The van der Waals surface area contributed by atoms with Crippen LogP contribution in [0.3, 0.4) is 0 Å². The van der Waals surface area contributed by atoms with Crippen molar-refractivity contribution in [2.75, 3.05) is 0 Å². The molecule has 0 bridgehead atoms. The lowest BCUT2D eigenvalue weighted by Gasteiger charge is -2.15. The number of aryl methyl sites for hydroxylation is 1. The molecule has 18 heavy (non-hydrogen) atoms. The number of aliphatic hydroxyl groups excluding tert-OH is 1. The summed E-state index contributed by atoms with van der Waals surface area (Å²) in [5.41, 5.74) is 1.77. The van der Waals surface area contributed by atoms with E-state index in [1.165, 1.54) is 0 Å². The minimum Gasteiger partial charge on any atom is -0.392 e. The zero-order valence-corrected chi connectivity index (χ0v) is 10.8. The van der Waals surface area contributed by atoms with Gasteiger partial charge in [-0.05, 0) is 38.0 Å². The van der Waals surface area contributed by atoms with Gasteiger partial charge in [0, 0.05) is 23.6 Å². The molecule has 1 heterocycles. The smallest absolute Gasteiger partial charge is 0.0688 e. The zero-order chi connectivity index (χ0) is 13.2. The molecule has 94 valence electrons. The molecular weight excluding hydrogens is 224 g/mol. The van der Waals surface area contributed by atoms with Gasteiger partial charge in [0.15, 0.2) is 0 Å². The van der Waals surface area contributed by atoms with Crippen LogP contribution in [0.4, 0.5) is 0 Å². The lowest BCUT2D eigenvalue weighted by Crippen LogP contribution is -2.11. The third-order valence-corrected chi connectivity index (χ3v) is 3.35. The SMILES string of the molecule is CC(C)(C#N)CCn1ccc2c(CO)cccc21. The molecule has 0 saturated heterocycles. The molecule has 0 saturated carbocycles. The van der Waals surface area contributed by atoms with Crippen molar-refractivity contribution in [3.05, 3.63) is 36.0 Å². The lowest BCUT2D eigenvalue weighted by molar-refractivity contribution is 0.283. The van der Waals surface area contributed by atoms with E-state index >= 15 is 0 Å². The van der Waals surface area contributed by atoms with E-state index in [0.29, 0.717) is 0 Å². The van der Waals surface area contributed by atoms with E-state index in [2.05, 4.69) is 10.6 Å². The van der Waals surface area contributed by atoms with E-state index in [1.807, 2.05) is 44.3 Å². The molecule has 2 aromatic rings. The van der Waals surface area contributed by atoms with Gasteiger partial charge in [-0.3, -0.25) is 0 Å². The highest BCUT2D eigenvalue weighted by Crippen LogP contribution is 2.24. The number of rotatable bonds is 4. The number of hydrogen-bond donors (Lipinski definition) is 1. The van der Waals surface area contributed by atoms with Gasteiger partial charge in [0.05, 0.1) is 18.1 Å². The lowest BCUT2D eigenvalue weighted by atomic mass is 9.91. The van der Waals surface area contributed by atoms with Crippen LogP contribution in [0.5, 0.6) is 0 Å². The molecule has 0 aliphatic carbocycles. The summed E-state index contributed by atoms with van der Waals surface area (Å²) in [6.45, 7) is 4.79. The van der Waals surface area contributed by atoms with E-state index in [1.54, 1.807) is 0 Å². The van der Waals surface area contributed by atoms with Crippen molar-refractivity contribution in [1.82, 2.24) is 4.57 Å². The molecule has 0 aliphatic rings. The van der Waals surface area contributed by atoms with Gasteiger partial charge < -0.3 is 9.67 Å². The van der Waals surface area contributed by atoms with Gasteiger partial charge in [0.25, 0.3) is 0 Å². The average molecular weight is 242 g/mol. The molecule has 0 fully saturated rings. The van der Waals surface area contributed by atoms with E-state index in [9.17, 15) is 5.11 Å². The maximum atomic E-state index is 9.29. The fourth-order valence-corrected chi connectivity index (χ4v) is 2.08. The summed E-state index contributed by atoms with van der Waals surface area (Å²) in [6.07, 6.45) is 2.84. The van der Waals surface area contributed by atoms with Crippen LogP contribution in [-0.2, 0) is 13.2 Å². The Morgan fingerprint density at radius 1 is 1.33 bits per heavy atom. The van der Waals surface area contributed by atoms with Crippen LogP contribution in [-0.4, -0.2) is 9.67 Å². The maximum absolute atomic E-state index is 9.29. The fraction of sp³-hybridized carbons (Fsp3) is 0.400. The van der Waals surface area contributed by atoms with Gasteiger partial charge in [0.2, 0.25) is 0 Å². The Bertz CT molecular complexity index is 590. The Morgan fingerprint density at radius 3 is 2.78 bits per heavy atom. The molecule has 0 aliphatic heterocycles. The number of aliphatic hydroxyl groups is 1. The number of hydrogen-bond acceptors (Lipinski definition) is 2. The van der Waals surface area contributed by atoms with Gasteiger partial charge in [-0.15, -0.1) is 0 Å². The zero-order valence-electron chi connectivity index (χ0n) is 10.8. The van der Waals surface area contributed by atoms with Gasteiger partial charge in [-0.1, -0.05) is 12.1 Å². The fourth-order valence-electron chi connectivity index (χ4n) is 2.08. The third-order valence-electron chi connectivity index (χ3n) is 3.35. The first-order valence-electron chi connectivity index (χ1n) is 6.16. The second-order valence-electron chi connectivity index (χ2n) is 5.26. The second-order valence-corrected chi connectivity index (χ2v) is 5.26. The second kappa shape index (κ2) is 4.83. The summed E-state index contributed by atoms with van der Waals surface area (Å²) in [4.78, 5) is 0. The Kier molecular flexibility index (Phi) is 3.40. The minimum atomic E-state index is -0.300. The maximum Gasteiger partial charge on any atom is 0.0688 e. The molecule has 3 nitrogen and oxygen atoms in total. The number of nitrogens with zero attached hydrogens (tertiary/aromatic N) is 2. The summed E-state index contributed by atoms with van der Waals surface area (Å²) in [5.74, 6) is 0. The Morgan fingerprint density at radius 2 is 2.11 bits per heavy atom. The summed E-state index contributed by atoms with van der Waals surface area (Å²) in [7, 11) is 0. The van der Waals surface area contributed by atoms with Crippen LogP contribution in [0.25, 0.3) is 10.9 Å². The quantitative estimate of drug-likeness (QED) is 0.895. The molecule has 0 amide bonds. The van der Waals surface area contributed by atoms with Crippen molar-refractivity contribution in [3.8, 4) is 6.07 Å². The van der Waals surface area contributed by atoms with E-state index < -0.39 is 0 Å². The summed E-state index contributed by atoms with van der Waals surface area (Å²) in [6, 6.07) is 10.3. The predicted molar refractivity (Wildman–Crippen MR) is 71.9 cm³/mol. The predicted octanol–water partition coefficient (Wildman–Crippen LogP) is 3.07. The summed E-state index contributed by atoms with van der Waals surface area (Å²) >= 11 is 0. The van der Waals surface area contributed by atoms with Crippen molar-refractivity contribution in [1.29, 1.82) is 5.26 Å². The van der Waals surface area contributed by atoms with Crippen LogP contribution in [0.2, 0.25) is 0 Å². The van der Waals surface area contributed by atoms with Crippen molar-refractivity contribution in [2.24, 2.45) is 5.41 Å². The number of aromatic nitrogens is 1. The van der Waals surface area contributed by atoms with Crippen LogP contribution in [0, 0.1) is 16.7 Å². The normalized spacial score (nSPS) is 11.7. The largest absolute Gasteiger partial charge is 0.392 e. The standard InChI is InChI=1S/C15H18N2O/c1-15(2,11-16)7-9-17-8-6-13-12(10-18)4-3-5-14(13)17/h3-6,8,18H,7,9-10H2,1-2H3. The summed E-state index contributed by atoms with van der Waals surface area (Å²) < 4.78 is 2.15. The number of nitriles is 1. The molecular formula is C15H18N2O. The Hall–Kier alpha value is -1.79. The van der Waals surface area contributed by atoms with Crippen LogP contribution in [0.15, 0.2) is 30.5 Å².